The summed E-state index contributed by atoms with van der Waals surface area (Å²) in [6.45, 7) is 0. The highest BCUT2D eigenvalue weighted by Crippen LogP contribution is 2.04. The van der Waals surface area contributed by atoms with Gasteiger partial charge in [-0.15, -0.1) is 5.10 Å². The lowest BCUT2D eigenvalue weighted by Crippen LogP contribution is -1.97. The van der Waals surface area contributed by atoms with Crippen LogP contribution < -0.4 is 0 Å². The van der Waals surface area contributed by atoms with Crippen molar-refractivity contribution in [2.24, 2.45) is 0 Å². The van der Waals surface area contributed by atoms with Gasteiger partial charge in [-0.05, 0) is 24.3 Å². The van der Waals surface area contributed by atoms with E-state index in [1.54, 1.807) is 12.3 Å². The molecule has 2 rings (SSSR count). The second-order valence-corrected chi connectivity index (χ2v) is 2.89. The topological polar surface area (TPSA) is 47.8 Å². The molecule has 0 radical (unpaired) electrons. The van der Waals surface area contributed by atoms with Crippen LogP contribution in [0.25, 0.3) is 11.8 Å². The van der Waals surface area contributed by atoms with Crippen molar-refractivity contribution >= 4 is 12.4 Å². The summed E-state index contributed by atoms with van der Waals surface area (Å²) in [5.74, 6) is 0. The highest BCUT2D eigenvalue weighted by Gasteiger charge is 1.98. The number of aldehydes is 1. The van der Waals surface area contributed by atoms with Crippen molar-refractivity contribution in [2.75, 3.05) is 0 Å². The molecule has 0 N–H and O–H groups in total. The molecule has 1 heterocycles. The van der Waals surface area contributed by atoms with Crippen molar-refractivity contribution in [3.8, 4) is 5.69 Å². The summed E-state index contributed by atoms with van der Waals surface area (Å²) in [5, 5.41) is 8.26. The van der Waals surface area contributed by atoms with Crippen molar-refractivity contribution in [1.29, 1.82) is 0 Å². The van der Waals surface area contributed by atoms with Crippen LogP contribution in [-0.2, 0) is 4.79 Å². The first-order valence-electron chi connectivity index (χ1n) is 4.50. The summed E-state index contributed by atoms with van der Waals surface area (Å²) in [7, 11) is 0. The molecule has 2 aromatic rings. The van der Waals surface area contributed by atoms with E-state index in [0.29, 0.717) is 12.0 Å². The standard InChI is InChI=1S/C11H9N3O/c15-8-4-5-10-9-12-14(13-10)11-6-2-1-3-7-11/h1-9H/b5-4+. The van der Waals surface area contributed by atoms with Gasteiger partial charge in [0.15, 0.2) is 0 Å². The summed E-state index contributed by atoms with van der Waals surface area (Å²) in [6.07, 6.45) is 5.31. The summed E-state index contributed by atoms with van der Waals surface area (Å²) in [6, 6.07) is 9.58. The average molecular weight is 199 g/mol. The first kappa shape index (κ1) is 9.33. The molecule has 0 unspecified atom stereocenters. The molecule has 1 aromatic carbocycles. The average Bonchev–Trinajstić information content (AvgIpc) is 2.76. The molecule has 0 amide bonds. The van der Waals surface area contributed by atoms with Gasteiger partial charge in [-0.1, -0.05) is 18.2 Å². The van der Waals surface area contributed by atoms with Gasteiger partial charge in [0.1, 0.15) is 12.0 Å². The Hall–Kier alpha value is -2.23. The first-order valence-corrected chi connectivity index (χ1v) is 4.50. The highest BCUT2D eigenvalue weighted by atomic mass is 16.1. The summed E-state index contributed by atoms with van der Waals surface area (Å²) in [5.41, 5.74) is 1.55. The molecule has 74 valence electrons. The lowest BCUT2D eigenvalue weighted by Gasteiger charge is -1.96. The third-order valence-electron chi connectivity index (χ3n) is 1.84. The molecule has 4 heteroatoms. The maximum absolute atomic E-state index is 10.1. The van der Waals surface area contributed by atoms with Crippen LogP contribution in [0, 0.1) is 0 Å². The summed E-state index contributed by atoms with van der Waals surface area (Å²) in [4.78, 5) is 11.6. The van der Waals surface area contributed by atoms with E-state index in [4.69, 9.17) is 0 Å². The number of para-hydroxylation sites is 1. The lowest BCUT2D eigenvalue weighted by molar-refractivity contribution is -0.104. The van der Waals surface area contributed by atoms with Gasteiger partial charge in [0.25, 0.3) is 0 Å². The minimum atomic E-state index is 0.658. The van der Waals surface area contributed by atoms with E-state index in [2.05, 4.69) is 10.2 Å². The van der Waals surface area contributed by atoms with Crippen molar-refractivity contribution < 1.29 is 4.79 Å². The van der Waals surface area contributed by atoms with Crippen LogP contribution in [0.1, 0.15) is 5.69 Å². The third-order valence-corrected chi connectivity index (χ3v) is 1.84. The second kappa shape index (κ2) is 4.32. The van der Waals surface area contributed by atoms with E-state index in [9.17, 15) is 4.79 Å². The van der Waals surface area contributed by atoms with Crippen LogP contribution in [0.4, 0.5) is 0 Å². The number of hydrogen-bond donors (Lipinski definition) is 0. The number of rotatable bonds is 3. The fourth-order valence-electron chi connectivity index (χ4n) is 1.17. The van der Waals surface area contributed by atoms with Gasteiger partial charge in [0.05, 0.1) is 11.9 Å². The van der Waals surface area contributed by atoms with Crippen LogP contribution in [0.5, 0.6) is 0 Å². The number of nitrogens with zero attached hydrogens (tertiary/aromatic N) is 3. The molecule has 0 saturated carbocycles. The van der Waals surface area contributed by atoms with Gasteiger partial charge in [-0.2, -0.15) is 9.90 Å². The number of carbonyl (C=O) groups excluding carboxylic acids is 1. The van der Waals surface area contributed by atoms with E-state index >= 15 is 0 Å². The molecule has 0 aliphatic carbocycles. The third kappa shape index (κ3) is 2.17. The molecule has 4 nitrogen and oxygen atoms in total. The Morgan fingerprint density at radius 3 is 2.73 bits per heavy atom. The monoisotopic (exact) mass is 199 g/mol. The fraction of sp³-hybridized carbons (Fsp3) is 0. The SMILES string of the molecule is O=C/C=C/c1cnn(-c2ccccc2)n1. The van der Waals surface area contributed by atoms with Gasteiger partial charge < -0.3 is 0 Å². The molecular weight excluding hydrogens is 190 g/mol. The smallest absolute Gasteiger partial charge is 0.142 e. The lowest BCUT2D eigenvalue weighted by atomic mass is 10.3. The molecule has 0 aliphatic heterocycles. The quantitative estimate of drug-likeness (QED) is 0.555. The molecule has 1 aromatic heterocycles. The maximum atomic E-state index is 10.1. The number of benzene rings is 1. The predicted octanol–water partition coefficient (Wildman–Crippen LogP) is 1.48. The Labute approximate surface area is 86.9 Å². The van der Waals surface area contributed by atoms with Crippen LogP contribution in [-0.4, -0.2) is 21.3 Å². The zero-order chi connectivity index (χ0) is 10.5. The Morgan fingerprint density at radius 2 is 2.00 bits per heavy atom. The van der Waals surface area contributed by atoms with Crippen LogP contribution in [0.2, 0.25) is 0 Å². The largest absolute Gasteiger partial charge is 0.299 e. The van der Waals surface area contributed by atoms with E-state index in [1.165, 1.54) is 10.9 Å². The van der Waals surface area contributed by atoms with E-state index in [1.807, 2.05) is 30.3 Å². The van der Waals surface area contributed by atoms with Crippen molar-refractivity contribution in [3.63, 3.8) is 0 Å². The van der Waals surface area contributed by atoms with Crippen LogP contribution >= 0.6 is 0 Å². The molecular formula is C11H9N3O. The fourth-order valence-corrected chi connectivity index (χ4v) is 1.17. The van der Waals surface area contributed by atoms with E-state index in [0.717, 1.165) is 5.69 Å². The molecule has 15 heavy (non-hydrogen) atoms. The van der Waals surface area contributed by atoms with Gasteiger partial charge >= 0.3 is 0 Å². The Kier molecular flexibility index (Phi) is 2.69. The first-order chi connectivity index (χ1) is 7.40. The van der Waals surface area contributed by atoms with E-state index < -0.39 is 0 Å². The molecule has 0 saturated heterocycles. The molecule has 0 aliphatic rings. The Morgan fingerprint density at radius 1 is 1.20 bits per heavy atom. The normalized spacial score (nSPS) is 10.7. The summed E-state index contributed by atoms with van der Waals surface area (Å²) >= 11 is 0. The Balaban J connectivity index is 2.28. The minimum absolute atomic E-state index is 0.658. The van der Waals surface area contributed by atoms with E-state index in [-0.39, 0.29) is 0 Å². The van der Waals surface area contributed by atoms with Crippen molar-refractivity contribution in [1.82, 2.24) is 15.0 Å². The zero-order valence-corrected chi connectivity index (χ0v) is 7.95. The number of hydrogen-bond acceptors (Lipinski definition) is 3. The van der Waals surface area contributed by atoms with Crippen LogP contribution in [0.15, 0.2) is 42.6 Å². The van der Waals surface area contributed by atoms with Gasteiger partial charge in [0, 0.05) is 0 Å². The molecule has 0 spiro atoms. The van der Waals surface area contributed by atoms with Crippen LogP contribution in [0.3, 0.4) is 0 Å². The Bertz CT molecular complexity index is 474. The number of allylic oxidation sites excluding steroid dienone is 1. The molecule has 0 bridgehead atoms. The maximum Gasteiger partial charge on any atom is 0.142 e. The number of carbonyl (C=O) groups is 1. The zero-order valence-electron chi connectivity index (χ0n) is 7.95. The highest BCUT2D eigenvalue weighted by molar-refractivity contribution is 5.72. The van der Waals surface area contributed by atoms with Gasteiger partial charge in [-0.3, -0.25) is 4.79 Å². The second-order valence-electron chi connectivity index (χ2n) is 2.89. The predicted molar refractivity (Wildman–Crippen MR) is 56.5 cm³/mol. The van der Waals surface area contributed by atoms with Crippen molar-refractivity contribution in [3.05, 3.63) is 48.3 Å². The molecule has 0 atom stereocenters. The van der Waals surface area contributed by atoms with Gasteiger partial charge in [0.2, 0.25) is 0 Å². The number of aromatic nitrogens is 3. The minimum Gasteiger partial charge on any atom is -0.299 e. The molecule has 0 fully saturated rings. The van der Waals surface area contributed by atoms with Gasteiger partial charge in [-0.25, -0.2) is 0 Å². The summed E-state index contributed by atoms with van der Waals surface area (Å²) < 4.78 is 0. The van der Waals surface area contributed by atoms with Crippen molar-refractivity contribution in [2.45, 2.75) is 0 Å².